The van der Waals surface area contributed by atoms with Crippen molar-refractivity contribution >= 4 is 33.3 Å². The number of ether oxygens (including phenoxy) is 1. The Morgan fingerprint density at radius 1 is 0.824 bits per heavy atom. The average Bonchev–Trinajstić information content (AvgIpc) is 3.03. The second-order valence-electron chi connectivity index (χ2n) is 7.03. The highest BCUT2D eigenvalue weighted by molar-refractivity contribution is 7.91. The number of alkyl halides is 3. The Labute approximate surface area is 189 Å². The van der Waals surface area contributed by atoms with E-state index in [4.69, 9.17) is 5.11 Å². The number of nitrogens with zero attached hydrogens (tertiary/aromatic N) is 1. The molecule has 1 aliphatic heterocycles. The van der Waals surface area contributed by atoms with Crippen molar-refractivity contribution < 1.29 is 45.8 Å². The van der Waals surface area contributed by atoms with Crippen LogP contribution < -0.4 is 9.64 Å². The Morgan fingerprint density at radius 3 is 1.94 bits per heavy atom. The number of anilines is 1. The minimum Gasteiger partial charge on any atom is -0.478 e. The highest BCUT2D eigenvalue weighted by Gasteiger charge is 2.38. The Bertz CT molecular complexity index is 1430. The summed E-state index contributed by atoms with van der Waals surface area (Å²) in [6.45, 7) is 0. The van der Waals surface area contributed by atoms with Crippen LogP contribution in [0.3, 0.4) is 0 Å². The first-order valence-electron chi connectivity index (χ1n) is 9.35. The van der Waals surface area contributed by atoms with Crippen LogP contribution in [0.5, 0.6) is 5.75 Å². The highest BCUT2D eigenvalue weighted by atomic mass is 32.2. The molecule has 8 nitrogen and oxygen atoms in total. The number of aromatic carboxylic acids is 1. The number of carboxylic acid groups (broad SMARTS) is 1. The second kappa shape index (κ2) is 7.99. The Kier molecular flexibility index (Phi) is 5.40. The number of amides is 2. The van der Waals surface area contributed by atoms with E-state index in [-0.39, 0.29) is 32.2 Å². The average molecular weight is 491 g/mol. The van der Waals surface area contributed by atoms with Gasteiger partial charge in [-0.05, 0) is 66.7 Å². The number of carbonyl (C=O) groups is 3. The summed E-state index contributed by atoms with van der Waals surface area (Å²) in [7, 11) is -4.15. The van der Waals surface area contributed by atoms with Crippen molar-refractivity contribution in [1.29, 1.82) is 0 Å². The van der Waals surface area contributed by atoms with Gasteiger partial charge in [-0.1, -0.05) is 0 Å². The zero-order valence-electron chi connectivity index (χ0n) is 16.7. The quantitative estimate of drug-likeness (QED) is 0.538. The molecule has 0 bridgehead atoms. The summed E-state index contributed by atoms with van der Waals surface area (Å²) in [5, 5.41) is 8.96. The fourth-order valence-electron chi connectivity index (χ4n) is 3.33. The van der Waals surface area contributed by atoms with Crippen molar-refractivity contribution in [3.8, 4) is 5.75 Å². The Hall–Kier alpha value is -4.19. The van der Waals surface area contributed by atoms with E-state index in [2.05, 4.69) is 4.74 Å². The van der Waals surface area contributed by atoms with Gasteiger partial charge in [-0.25, -0.2) is 18.1 Å². The SMILES string of the molecule is O=C(O)c1ccc(S(=O)(=O)c2ccc3c(c2)C(=O)N(c2ccc(OC(F)(F)F)cc2)C3=O)cc1. The molecule has 0 radical (unpaired) electrons. The molecular formula is C22H12F3NO7S. The van der Waals surface area contributed by atoms with Crippen molar-refractivity contribution in [2.75, 3.05) is 4.90 Å². The molecule has 3 aromatic carbocycles. The second-order valence-corrected chi connectivity index (χ2v) is 8.98. The van der Waals surface area contributed by atoms with Crippen molar-refractivity contribution in [1.82, 2.24) is 0 Å². The number of sulfone groups is 1. The molecule has 0 aliphatic carbocycles. The van der Waals surface area contributed by atoms with Crippen LogP contribution >= 0.6 is 0 Å². The van der Waals surface area contributed by atoms with E-state index < -0.39 is 39.7 Å². The van der Waals surface area contributed by atoms with Crippen LogP contribution in [0.1, 0.15) is 31.1 Å². The van der Waals surface area contributed by atoms with Gasteiger partial charge in [0, 0.05) is 0 Å². The lowest BCUT2D eigenvalue weighted by atomic mass is 10.1. The molecule has 0 atom stereocenters. The molecule has 0 spiro atoms. The smallest absolute Gasteiger partial charge is 0.478 e. The van der Waals surface area contributed by atoms with Crippen LogP contribution in [0.2, 0.25) is 0 Å². The van der Waals surface area contributed by atoms with E-state index in [0.29, 0.717) is 4.90 Å². The lowest BCUT2D eigenvalue weighted by molar-refractivity contribution is -0.274. The van der Waals surface area contributed by atoms with Gasteiger partial charge in [-0.15, -0.1) is 13.2 Å². The van der Waals surface area contributed by atoms with E-state index in [9.17, 15) is 36.0 Å². The molecule has 0 saturated heterocycles. The molecule has 34 heavy (non-hydrogen) atoms. The van der Waals surface area contributed by atoms with Gasteiger partial charge in [0.05, 0.1) is 32.2 Å². The first-order chi connectivity index (χ1) is 15.9. The number of hydrogen-bond acceptors (Lipinski definition) is 6. The number of fused-ring (bicyclic) bond motifs is 1. The summed E-state index contributed by atoms with van der Waals surface area (Å²) in [6.07, 6.45) is -4.91. The topological polar surface area (TPSA) is 118 Å². The number of benzene rings is 3. The minimum absolute atomic E-state index is 0.0330. The highest BCUT2D eigenvalue weighted by Crippen LogP contribution is 2.33. The summed E-state index contributed by atoms with van der Waals surface area (Å²) >= 11 is 0. The van der Waals surface area contributed by atoms with Crippen molar-refractivity contribution in [2.24, 2.45) is 0 Å². The van der Waals surface area contributed by atoms with E-state index in [1.54, 1.807) is 0 Å². The van der Waals surface area contributed by atoms with Gasteiger partial charge in [0.15, 0.2) is 0 Å². The number of carbonyl (C=O) groups excluding carboxylic acids is 2. The molecule has 1 N–H and O–H groups in total. The molecule has 0 aromatic heterocycles. The fourth-order valence-corrected chi connectivity index (χ4v) is 4.62. The number of hydrogen-bond donors (Lipinski definition) is 1. The summed E-state index contributed by atoms with van der Waals surface area (Å²) in [6, 6.07) is 11.8. The van der Waals surface area contributed by atoms with Crippen LogP contribution in [-0.2, 0) is 9.84 Å². The van der Waals surface area contributed by atoms with Crippen molar-refractivity contribution in [2.45, 2.75) is 16.2 Å². The van der Waals surface area contributed by atoms with E-state index in [0.717, 1.165) is 66.7 Å². The van der Waals surface area contributed by atoms with Gasteiger partial charge in [-0.3, -0.25) is 9.59 Å². The van der Waals surface area contributed by atoms with E-state index in [1.165, 1.54) is 0 Å². The predicted octanol–water partition coefficient (Wildman–Crippen LogP) is 3.92. The molecule has 4 rings (SSSR count). The molecule has 2 amide bonds. The maximum absolute atomic E-state index is 12.9. The molecule has 174 valence electrons. The standard InChI is InChI=1S/C22H12F3NO7S/c23-22(24,25)33-14-5-3-13(4-6-14)26-19(27)17-10-9-16(11-18(17)20(26)28)34(31,32)15-7-1-12(2-8-15)21(29)30/h1-11H,(H,29,30). The van der Waals surface area contributed by atoms with Crippen molar-refractivity contribution in [3.63, 3.8) is 0 Å². The van der Waals surface area contributed by atoms with Crippen LogP contribution in [0.15, 0.2) is 76.5 Å². The van der Waals surface area contributed by atoms with Gasteiger partial charge in [0.1, 0.15) is 5.75 Å². The molecule has 1 heterocycles. The van der Waals surface area contributed by atoms with Gasteiger partial charge in [-0.2, -0.15) is 0 Å². The van der Waals surface area contributed by atoms with Gasteiger partial charge in [0.25, 0.3) is 11.8 Å². The predicted molar refractivity (Wildman–Crippen MR) is 110 cm³/mol. The summed E-state index contributed by atoms with van der Waals surface area (Å²) in [5.74, 6) is -3.42. The third kappa shape index (κ3) is 4.10. The molecule has 1 aliphatic rings. The number of rotatable bonds is 5. The van der Waals surface area contributed by atoms with Gasteiger partial charge < -0.3 is 9.84 Å². The molecule has 12 heteroatoms. The van der Waals surface area contributed by atoms with Crippen molar-refractivity contribution in [3.05, 3.63) is 83.4 Å². The summed E-state index contributed by atoms with van der Waals surface area (Å²) in [5.41, 5.74) is -0.435. The molecule has 0 fully saturated rings. The van der Waals surface area contributed by atoms with E-state index >= 15 is 0 Å². The largest absolute Gasteiger partial charge is 0.573 e. The van der Waals surface area contributed by atoms with Crippen LogP contribution in [-0.4, -0.2) is 37.7 Å². The third-order valence-electron chi connectivity index (χ3n) is 4.91. The third-order valence-corrected chi connectivity index (χ3v) is 6.68. The zero-order valence-corrected chi connectivity index (χ0v) is 17.6. The Morgan fingerprint density at radius 2 is 1.38 bits per heavy atom. The molecule has 0 unspecified atom stereocenters. The summed E-state index contributed by atoms with van der Waals surface area (Å²) in [4.78, 5) is 36.8. The number of imide groups is 1. The first-order valence-corrected chi connectivity index (χ1v) is 10.8. The van der Waals surface area contributed by atoms with Crippen LogP contribution in [0.4, 0.5) is 18.9 Å². The lowest BCUT2D eigenvalue weighted by Gasteiger charge is -2.15. The number of carboxylic acids is 1. The van der Waals surface area contributed by atoms with Gasteiger partial charge >= 0.3 is 12.3 Å². The lowest BCUT2D eigenvalue weighted by Crippen LogP contribution is -2.29. The summed E-state index contributed by atoms with van der Waals surface area (Å²) < 4.78 is 66.7. The molecule has 3 aromatic rings. The first kappa shape index (κ1) is 23.0. The Balaban J connectivity index is 1.65. The molecular weight excluding hydrogens is 479 g/mol. The molecule has 0 saturated carbocycles. The van der Waals surface area contributed by atoms with Crippen LogP contribution in [0, 0.1) is 0 Å². The monoisotopic (exact) mass is 491 g/mol. The zero-order chi connectivity index (χ0) is 24.8. The number of halogens is 3. The van der Waals surface area contributed by atoms with E-state index in [1.807, 2.05) is 0 Å². The minimum atomic E-state index is -4.91. The maximum Gasteiger partial charge on any atom is 0.573 e. The fraction of sp³-hybridized carbons (Fsp3) is 0.0455. The normalized spacial score (nSPS) is 13.7. The van der Waals surface area contributed by atoms with Gasteiger partial charge in [0.2, 0.25) is 9.84 Å². The van der Waals surface area contributed by atoms with Crippen LogP contribution in [0.25, 0.3) is 0 Å². The maximum atomic E-state index is 12.9.